The Labute approximate surface area is 175 Å². The normalized spacial score (nSPS) is 11.8. The van der Waals surface area contributed by atoms with E-state index in [9.17, 15) is 9.59 Å². The van der Waals surface area contributed by atoms with Crippen molar-refractivity contribution >= 4 is 23.4 Å². The maximum absolute atomic E-state index is 12.4. The van der Waals surface area contributed by atoms with Gasteiger partial charge in [-0.1, -0.05) is 36.4 Å². The Hall–Kier alpha value is -3.50. The fraction of sp³-hybridized carbons (Fsp3) is 0.300. The predicted molar refractivity (Wildman–Crippen MR) is 116 cm³/mol. The van der Waals surface area contributed by atoms with E-state index in [1.165, 1.54) is 0 Å². The Morgan fingerprint density at radius 2 is 1.00 bits per heavy atom. The molecule has 0 aliphatic heterocycles. The summed E-state index contributed by atoms with van der Waals surface area (Å²) in [5.41, 5.74) is -1.10. The minimum Gasteiger partial charge on any atom is -0.311 e. The third-order valence-corrected chi connectivity index (χ3v) is 3.88. The van der Waals surface area contributed by atoms with Crippen molar-refractivity contribution in [2.24, 2.45) is 21.9 Å². The summed E-state index contributed by atoms with van der Waals surface area (Å²) in [6.07, 6.45) is 0. The molecular formula is C20H28N8O2. The molecule has 10 nitrogen and oxygen atoms in total. The van der Waals surface area contributed by atoms with Gasteiger partial charge < -0.3 is 10.6 Å². The number of para-hydroxylation sites is 2. The van der Waals surface area contributed by atoms with Crippen LogP contribution in [0.4, 0.5) is 21.0 Å². The average Bonchev–Trinajstić information content (AvgIpc) is 2.72. The standard InChI is InChI=1S/C20H28N8O2/c1-19(2,23-17(29)27(21)15-11-7-5-8-12-15)25-26-20(3,4)24-18(30)28(22)16-13-9-6-10-14-16/h5-14H,21-22H2,1-4H3,(H,23,29)(H,24,30)/b26-25+. The number of hydrogen-bond donors (Lipinski definition) is 4. The fourth-order valence-corrected chi connectivity index (χ4v) is 2.36. The van der Waals surface area contributed by atoms with Crippen LogP contribution >= 0.6 is 0 Å². The third-order valence-electron chi connectivity index (χ3n) is 3.88. The highest BCUT2D eigenvalue weighted by atomic mass is 16.2. The Balaban J connectivity index is 1.99. The smallest absolute Gasteiger partial charge is 0.311 e. The number of carbonyl (C=O) groups excluding carboxylic acids is 2. The number of rotatable bonds is 6. The molecule has 30 heavy (non-hydrogen) atoms. The van der Waals surface area contributed by atoms with Gasteiger partial charge >= 0.3 is 12.1 Å². The summed E-state index contributed by atoms with van der Waals surface area (Å²) in [6.45, 7) is 6.63. The van der Waals surface area contributed by atoms with Crippen molar-refractivity contribution in [2.75, 3.05) is 10.0 Å². The first-order valence-electron chi connectivity index (χ1n) is 9.29. The number of amides is 4. The number of carbonyl (C=O) groups is 2. The topological polar surface area (TPSA) is 141 Å². The largest absolute Gasteiger partial charge is 0.338 e. The average molecular weight is 412 g/mol. The first kappa shape index (κ1) is 22.8. The number of anilines is 2. The van der Waals surface area contributed by atoms with Crippen LogP contribution in [0.2, 0.25) is 0 Å². The molecule has 0 atom stereocenters. The Kier molecular flexibility index (Phi) is 7.09. The number of benzene rings is 2. The van der Waals surface area contributed by atoms with Crippen molar-refractivity contribution in [3.8, 4) is 0 Å². The van der Waals surface area contributed by atoms with Crippen LogP contribution in [-0.2, 0) is 0 Å². The van der Waals surface area contributed by atoms with E-state index in [-0.39, 0.29) is 0 Å². The molecule has 0 unspecified atom stereocenters. The van der Waals surface area contributed by atoms with Crippen molar-refractivity contribution in [2.45, 2.75) is 39.0 Å². The number of hydrazine groups is 2. The zero-order chi connectivity index (χ0) is 22.4. The molecule has 0 aliphatic carbocycles. The molecular weight excluding hydrogens is 384 g/mol. The number of azo groups is 1. The molecule has 0 fully saturated rings. The summed E-state index contributed by atoms with van der Waals surface area (Å²) in [6, 6.07) is 16.5. The van der Waals surface area contributed by atoms with E-state index >= 15 is 0 Å². The first-order valence-corrected chi connectivity index (χ1v) is 9.29. The lowest BCUT2D eigenvalue weighted by Crippen LogP contribution is -2.53. The van der Waals surface area contributed by atoms with Gasteiger partial charge in [-0.2, -0.15) is 10.2 Å². The van der Waals surface area contributed by atoms with Crippen molar-refractivity contribution in [3.63, 3.8) is 0 Å². The van der Waals surface area contributed by atoms with Gasteiger partial charge in [0.25, 0.3) is 0 Å². The number of hydrogen-bond acceptors (Lipinski definition) is 6. The summed E-state index contributed by atoms with van der Waals surface area (Å²) in [4.78, 5) is 24.8. The van der Waals surface area contributed by atoms with Crippen molar-refractivity contribution < 1.29 is 9.59 Å². The highest BCUT2D eigenvalue weighted by molar-refractivity contribution is 5.91. The fourth-order valence-electron chi connectivity index (χ4n) is 2.36. The molecule has 10 heteroatoms. The maximum atomic E-state index is 12.4. The molecule has 0 saturated carbocycles. The Morgan fingerprint density at radius 3 is 1.30 bits per heavy atom. The van der Waals surface area contributed by atoms with Crippen LogP contribution in [0.25, 0.3) is 0 Å². The van der Waals surface area contributed by atoms with Crippen LogP contribution in [0.5, 0.6) is 0 Å². The van der Waals surface area contributed by atoms with Crippen LogP contribution in [0.1, 0.15) is 27.7 Å². The molecule has 0 aromatic heterocycles. The minimum absolute atomic E-state index is 0.527. The number of nitrogens with zero attached hydrogens (tertiary/aromatic N) is 4. The molecule has 2 rings (SSSR count). The summed E-state index contributed by atoms with van der Waals surface area (Å²) >= 11 is 0. The molecule has 6 N–H and O–H groups in total. The molecule has 160 valence electrons. The van der Waals surface area contributed by atoms with Gasteiger partial charge in [0.2, 0.25) is 0 Å². The van der Waals surface area contributed by atoms with E-state index in [1.54, 1.807) is 76.2 Å². The Morgan fingerprint density at radius 1 is 0.700 bits per heavy atom. The van der Waals surface area contributed by atoms with Crippen LogP contribution in [0.15, 0.2) is 70.9 Å². The van der Waals surface area contributed by atoms with Crippen molar-refractivity contribution in [3.05, 3.63) is 60.7 Å². The van der Waals surface area contributed by atoms with Crippen LogP contribution in [-0.4, -0.2) is 23.4 Å². The lowest BCUT2D eigenvalue weighted by molar-refractivity contribution is 0.228. The summed E-state index contributed by atoms with van der Waals surface area (Å²) in [7, 11) is 0. The summed E-state index contributed by atoms with van der Waals surface area (Å²) in [5, 5.41) is 15.7. The second kappa shape index (κ2) is 9.33. The number of nitrogens with two attached hydrogens (primary N) is 2. The number of nitrogens with one attached hydrogen (secondary N) is 2. The highest BCUT2D eigenvalue weighted by Crippen LogP contribution is 2.15. The molecule has 2 aromatic carbocycles. The highest BCUT2D eigenvalue weighted by Gasteiger charge is 2.27. The lowest BCUT2D eigenvalue weighted by atomic mass is 10.2. The van der Waals surface area contributed by atoms with Gasteiger partial charge in [0, 0.05) is 0 Å². The van der Waals surface area contributed by atoms with E-state index < -0.39 is 23.4 Å². The van der Waals surface area contributed by atoms with Gasteiger partial charge in [-0.15, -0.1) is 0 Å². The van der Waals surface area contributed by atoms with Crippen LogP contribution < -0.4 is 32.3 Å². The van der Waals surface area contributed by atoms with Gasteiger partial charge in [-0.25, -0.2) is 31.3 Å². The van der Waals surface area contributed by atoms with Gasteiger partial charge in [0.1, 0.15) is 11.3 Å². The molecule has 0 radical (unpaired) electrons. The molecule has 2 aromatic rings. The lowest BCUT2D eigenvalue weighted by Gasteiger charge is -2.28. The quantitative estimate of drug-likeness (QED) is 0.250. The monoisotopic (exact) mass is 412 g/mol. The van der Waals surface area contributed by atoms with Crippen molar-refractivity contribution in [1.29, 1.82) is 0 Å². The SMILES string of the molecule is CC(C)(/N=N/C(C)(C)NC(=O)N(N)c1ccccc1)NC(=O)N(N)c1ccccc1. The molecule has 0 spiro atoms. The van der Waals surface area contributed by atoms with E-state index in [0.717, 1.165) is 10.0 Å². The van der Waals surface area contributed by atoms with E-state index in [2.05, 4.69) is 20.9 Å². The summed E-state index contributed by atoms with van der Waals surface area (Å²) in [5.74, 6) is 11.7. The molecule has 0 aliphatic rings. The predicted octanol–water partition coefficient (Wildman–Crippen LogP) is 3.09. The first-order chi connectivity index (χ1) is 14.0. The van der Waals surface area contributed by atoms with Crippen LogP contribution in [0.3, 0.4) is 0 Å². The minimum atomic E-state index is -1.08. The number of urea groups is 2. The van der Waals surface area contributed by atoms with Gasteiger partial charge in [0.15, 0.2) is 0 Å². The van der Waals surface area contributed by atoms with Crippen molar-refractivity contribution in [1.82, 2.24) is 10.6 Å². The van der Waals surface area contributed by atoms with E-state index in [0.29, 0.717) is 11.4 Å². The molecule has 0 bridgehead atoms. The van der Waals surface area contributed by atoms with Gasteiger partial charge in [-0.05, 0) is 52.0 Å². The molecule has 4 amide bonds. The van der Waals surface area contributed by atoms with Crippen LogP contribution in [0, 0.1) is 0 Å². The second-order valence-corrected chi connectivity index (χ2v) is 7.59. The molecule has 0 saturated heterocycles. The Bertz CT molecular complexity index is 811. The zero-order valence-electron chi connectivity index (χ0n) is 17.5. The summed E-state index contributed by atoms with van der Waals surface area (Å²) < 4.78 is 0. The third kappa shape index (κ3) is 6.54. The zero-order valence-corrected chi connectivity index (χ0v) is 17.5. The van der Waals surface area contributed by atoms with Gasteiger partial charge in [0.05, 0.1) is 11.4 Å². The molecule has 0 heterocycles. The van der Waals surface area contributed by atoms with E-state index in [4.69, 9.17) is 11.7 Å². The van der Waals surface area contributed by atoms with E-state index in [1.807, 2.05) is 12.1 Å². The maximum Gasteiger partial charge on any atom is 0.338 e. The second-order valence-electron chi connectivity index (χ2n) is 7.59. The van der Waals surface area contributed by atoms with Gasteiger partial charge in [-0.3, -0.25) is 0 Å².